The molecule has 0 aliphatic carbocycles. The van der Waals surface area contributed by atoms with Gasteiger partial charge in [-0.05, 0) is 49.2 Å². The van der Waals surface area contributed by atoms with Crippen molar-refractivity contribution in [1.82, 2.24) is 9.62 Å². The number of ether oxygens (including phenoxy) is 2. The molecule has 1 atom stereocenters. The molecule has 1 aliphatic heterocycles. The van der Waals surface area contributed by atoms with Crippen molar-refractivity contribution in [2.75, 3.05) is 32.6 Å². The minimum absolute atomic E-state index is 0.0414. The van der Waals surface area contributed by atoms with Gasteiger partial charge in [0.25, 0.3) is 0 Å². The van der Waals surface area contributed by atoms with Gasteiger partial charge in [0.1, 0.15) is 11.5 Å². The van der Waals surface area contributed by atoms with E-state index in [0.717, 1.165) is 0 Å². The molecule has 2 amide bonds. The van der Waals surface area contributed by atoms with Crippen molar-refractivity contribution in [2.24, 2.45) is 0 Å². The van der Waals surface area contributed by atoms with Gasteiger partial charge in [0.05, 0.1) is 19.1 Å². The number of hydrogen-bond acceptors (Lipinski definition) is 6. The number of nitrogens with zero attached hydrogens (tertiary/aromatic N) is 1. The minimum Gasteiger partial charge on any atom is -0.497 e. The first-order chi connectivity index (χ1) is 14.8. The molecule has 1 saturated heterocycles. The maximum atomic E-state index is 13.0. The number of benzene rings is 2. The number of amides is 2. The fraction of sp³-hybridized carbons (Fsp3) is 0.333. The standard InChI is InChI=1S/C21H25N3O6S/c1-29-17-8-10-19(11-9-17)31(27,28)24-12-4-6-16(24)14-22-20(25)21(26)23-15-5-3-7-18(13-15)30-2/h3,5,7-11,13,16H,4,6,12,14H2,1-2H3,(H,22,25)(H,23,26). The molecule has 2 N–H and O–H groups in total. The number of carbonyl (C=O) groups is 2. The number of methoxy groups -OCH3 is 2. The quantitative estimate of drug-likeness (QED) is 0.624. The number of carbonyl (C=O) groups excluding carboxylic acids is 2. The maximum absolute atomic E-state index is 13.0. The van der Waals surface area contributed by atoms with E-state index in [0.29, 0.717) is 36.6 Å². The zero-order chi connectivity index (χ0) is 22.4. The van der Waals surface area contributed by atoms with Gasteiger partial charge < -0.3 is 20.1 Å². The van der Waals surface area contributed by atoms with Crippen LogP contribution >= 0.6 is 0 Å². The third-order valence-electron chi connectivity index (χ3n) is 5.02. The van der Waals surface area contributed by atoms with Gasteiger partial charge in [-0.15, -0.1) is 0 Å². The summed E-state index contributed by atoms with van der Waals surface area (Å²) in [6.45, 7) is 0.394. The number of rotatable bonds is 7. The fourth-order valence-corrected chi connectivity index (χ4v) is 5.08. The summed E-state index contributed by atoms with van der Waals surface area (Å²) in [7, 11) is -0.717. The van der Waals surface area contributed by atoms with E-state index in [1.807, 2.05) is 0 Å². The average molecular weight is 448 g/mol. The number of sulfonamides is 1. The van der Waals surface area contributed by atoms with Crippen LogP contribution in [0.5, 0.6) is 11.5 Å². The average Bonchev–Trinajstić information content (AvgIpc) is 3.27. The van der Waals surface area contributed by atoms with Crippen molar-refractivity contribution in [1.29, 1.82) is 0 Å². The first-order valence-corrected chi connectivity index (χ1v) is 11.2. The predicted molar refractivity (Wildman–Crippen MR) is 115 cm³/mol. The van der Waals surface area contributed by atoms with Crippen LogP contribution in [0.4, 0.5) is 5.69 Å². The smallest absolute Gasteiger partial charge is 0.313 e. The van der Waals surface area contributed by atoms with Crippen molar-refractivity contribution in [3.63, 3.8) is 0 Å². The largest absolute Gasteiger partial charge is 0.497 e. The zero-order valence-electron chi connectivity index (χ0n) is 17.3. The Balaban J connectivity index is 1.60. The van der Waals surface area contributed by atoms with Crippen LogP contribution in [-0.2, 0) is 19.6 Å². The van der Waals surface area contributed by atoms with Gasteiger partial charge in [0.2, 0.25) is 10.0 Å². The van der Waals surface area contributed by atoms with E-state index in [4.69, 9.17) is 9.47 Å². The van der Waals surface area contributed by atoms with E-state index in [2.05, 4.69) is 10.6 Å². The van der Waals surface area contributed by atoms with Gasteiger partial charge in [-0.2, -0.15) is 4.31 Å². The van der Waals surface area contributed by atoms with Gasteiger partial charge in [0.15, 0.2) is 0 Å². The van der Waals surface area contributed by atoms with Crippen molar-refractivity contribution < 1.29 is 27.5 Å². The molecule has 1 heterocycles. The molecule has 0 bridgehead atoms. The second-order valence-corrected chi connectivity index (χ2v) is 8.87. The monoisotopic (exact) mass is 447 g/mol. The van der Waals surface area contributed by atoms with Crippen LogP contribution < -0.4 is 20.1 Å². The van der Waals surface area contributed by atoms with Gasteiger partial charge in [0, 0.05) is 30.9 Å². The van der Waals surface area contributed by atoms with Crippen LogP contribution in [0.25, 0.3) is 0 Å². The Kier molecular flexibility index (Phi) is 7.13. The molecule has 31 heavy (non-hydrogen) atoms. The molecular weight excluding hydrogens is 422 g/mol. The van der Waals surface area contributed by atoms with Crippen molar-refractivity contribution in [3.8, 4) is 11.5 Å². The summed E-state index contributed by atoms with van der Waals surface area (Å²) in [5.41, 5.74) is 0.420. The van der Waals surface area contributed by atoms with Crippen molar-refractivity contribution >= 4 is 27.5 Å². The Morgan fingerprint density at radius 1 is 1.03 bits per heavy atom. The van der Waals surface area contributed by atoms with Crippen molar-refractivity contribution in [3.05, 3.63) is 48.5 Å². The van der Waals surface area contributed by atoms with Crippen LogP contribution in [-0.4, -0.2) is 57.9 Å². The third-order valence-corrected chi connectivity index (χ3v) is 6.99. The van der Waals surface area contributed by atoms with Crippen LogP contribution in [0.3, 0.4) is 0 Å². The Labute approximate surface area is 181 Å². The summed E-state index contributed by atoms with van der Waals surface area (Å²) in [5.74, 6) is -0.567. The molecular formula is C21H25N3O6S. The lowest BCUT2D eigenvalue weighted by molar-refractivity contribution is -0.136. The Hall–Kier alpha value is -3.11. The number of anilines is 1. The maximum Gasteiger partial charge on any atom is 0.313 e. The predicted octanol–water partition coefficient (Wildman–Crippen LogP) is 1.61. The summed E-state index contributed by atoms with van der Waals surface area (Å²) in [4.78, 5) is 24.5. The molecule has 1 unspecified atom stereocenters. The van der Waals surface area contributed by atoms with E-state index in [-0.39, 0.29) is 11.4 Å². The molecule has 166 valence electrons. The summed E-state index contributed by atoms with van der Waals surface area (Å²) in [5, 5.41) is 5.03. The van der Waals surface area contributed by atoms with E-state index < -0.39 is 27.9 Å². The van der Waals surface area contributed by atoms with Crippen LogP contribution in [0.1, 0.15) is 12.8 Å². The highest BCUT2D eigenvalue weighted by atomic mass is 32.2. The first kappa shape index (κ1) is 22.6. The van der Waals surface area contributed by atoms with E-state index >= 15 is 0 Å². The molecule has 1 aliphatic rings. The van der Waals surface area contributed by atoms with E-state index in [1.54, 1.807) is 36.4 Å². The topological polar surface area (TPSA) is 114 Å². The van der Waals surface area contributed by atoms with Crippen molar-refractivity contribution in [2.45, 2.75) is 23.8 Å². The second kappa shape index (κ2) is 9.80. The molecule has 0 spiro atoms. The Morgan fingerprint density at radius 3 is 2.42 bits per heavy atom. The van der Waals surface area contributed by atoms with E-state index in [1.165, 1.54) is 30.7 Å². The summed E-state index contributed by atoms with van der Waals surface area (Å²) < 4.78 is 37.5. The molecule has 0 aromatic heterocycles. The van der Waals surface area contributed by atoms with Crippen LogP contribution in [0.2, 0.25) is 0 Å². The Bertz CT molecular complexity index is 1040. The minimum atomic E-state index is -3.73. The van der Waals surface area contributed by atoms with E-state index in [9.17, 15) is 18.0 Å². The lowest BCUT2D eigenvalue weighted by Gasteiger charge is -2.24. The number of nitrogens with one attached hydrogen (secondary N) is 2. The SMILES string of the molecule is COc1ccc(S(=O)(=O)N2CCCC2CNC(=O)C(=O)Nc2cccc(OC)c2)cc1. The molecule has 2 aromatic carbocycles. The molecule has 0 saturated carbocycles. The highest BCUT2D eigenvalue weighted by molar-refractivity contribution is 7.89. The van der Waals surface area contributed by atoms with Crippen LogP contribution in [0.15, 0.2) is 53.4 Å². The highest BCUT2D eigenvalue weighted by Gasteiger charge is 2.35. The lowest BCUT2D eigenvalue weighted by Crippen LogP contribution is -2.45. The van der Waals surface area contributed by atoms with Crippen LogP contribution in [0, 0.1) is 0 Å². The van der Waals surface area contributed by atoms with Gasteiger partial charge in [-0.3, -0.25) is 9.59 Å². The zero-order valence-corrected chi connectivity index (χ0v) is 18.1. The fourth-order valence-electron chi connectivity index (χ4n) is 3.39. The van der Waals surface area contributed by atoms with Gasteiger partial charge >= 0.3 is 11.8 Å². The molecule has 2 aromatic rings. The van der Waals surface area contributed by atoms with Gasteiger partial charge in [-0.25, -0.2) is 8.42 Å². The molecule has 10 heteroatoms. The molecule has 1 fully saturated rings. The highest BCUT2D eigenvalue weighted by Crippen LogP contribution is 2.27. The first-order valence-electron chi connectivity index (χ1n) is 9.74. The van der Waals surface area contributed by atoms with Gasteiger partial charge in [-0.1, -0.05) is 6.07 Å². The Morgan fingerprint density at radius 2 is 1.74 bits per heavy atom. The second-order valence-electron chi connectivity index (χ2n) is 6.98. The normalized spacial score (nSPS) is 16.5. The summed E-state index contributed by atoms with van der Waals surface area (Å²) in [6, 6.07) is 12.3. The number of hydrogen-bond donors (Lipinski definition) is 2. The molecule has 9 nitrogen and oxygen atoms in total. The third kappa shape index (κ3) is 5.33. The molecule has 3 rings (SSSR count). The molecule has 0 radical (unpaired) electrons. The summed E-state index contributed by atoms with van der Waals surface area (Å²) in [6.07, 6.45) is 1.26. The summed E-state index contributed by atoms with van der Waals surface area (Å²) >= 11 is 0. The lowest BCUT2D eigenvalue weighted by atomic mass is 10.2.